The molecule has 1 aliphatic carbocycles. The van der Waals surface area contributed by atoms with E-state index in [0.29, 0.717) is 12.3 Å². The van der Waals surface area contributed by atoms with Gasteiger partial charge in [0.2, 0.25) is 0 Å². The fourth-order valence-electron chi connectivity index (χ4n) is 1.31. The van der Waals surface area contributed by atoms with Gasteiger partial charge in [0, 0.05) is 6.04 Å². The van der Waals surface area contributed by atoms with Gasteiger partial charge in [0.05, 0.1) is 5.92 Å². The van der Waals surface area contributed by atoms with Crippen LogP contribution in [0.25, 0.3) is 0 Å². The number of esters is 1. The zero-order valence-corrected chi connectivity index (χ0v) is 9.07. The lowest BCUT2D eigenvalue weighted by Gasteiger charge is -2.18. The van der Waals surface area contributed by atoms with Crippen LogP contribution in [0.2, 0.25) is 0 Å². The summed E-state index contributed by atoms with van der Waals surface area (Å²) in [5.74, 6) is 0.0830. The molecule has 0 radical (unpaired) electrons. The highest BCUT2D eigenvalue weighted by Gasteiger charge is 2.25. The number of rotatable bonds is 3. The largest absolute Gasteiger partial charge is 0.462 e. The summed E-state index contributed by atoms with van der Waals surface area (Å²) < 4.78 is 5.30. The summed E-state index contributed by atoms with van der Waals surface area (Å²) in [4.78, 5) is 11.6. The second kappa shape index (κ2) is 4.60. The maximum absolute atomic E-state index is 11.6. The zero-order valence-electron chi connectivity index (χ0n) is 9.07. The molecule has 0 bridgehead atoms. The van der Waals surface area contributed by atoms with E-state index in [1.807, 2.05) is 32.9 Å². The van der Waals surface area contributed by atoms with E-state index in [9.17, 15) is 4.79 Å². The summed E-state index contributed by atoms with van der Waals surface area (Å²) in [7, 11) is 0. The summed E-state index contributed by atoms with van der Waals surface area (Å²) >= 11 is 0. The molecule has 3 heteroatoms. The van der Waals surface area contributed by atoms with Crippen molar-refractivity contribution in [3.63, 3.8) is 0 Å². The highest BCUT2D eigenvalue weighted by atomic mass is 16.5. The molecule has 1 aliphatic rings. The lowest BCUT2D eigenvalue weighted by molar-refractivity contribution is -0.153. The molecular formula is C11H19NO2. The number of hydrogen-bond donors (Lipinski definition) is 1. The van der Waals surface area contributed by atoms with Crippen molar-refractivity contribution in [3.05, 3.63) is 12.2 Å². The van der Waals surface area contributed by atoms with Crippen molar-refractivity contribution >= 4 is 5.97 Å². The highest BCUT2D eigenvalue weighted by Crippen LogP contribution is 2.19. The van der Waals surface area contributed by atoms with Crippen molar-refractivity contribution in [3.8, 4) is 0 Å². The molecule has 0 aromatic carbocycles. The second-order valence-corrected chi connectivity index (χ2v) is 4.28. The van der Waals surface area contributed by atoms with E-state index >= 15 is 0 Å². The Morgan fingerprint density at radius 3 is 2.50 bits per heavy atom. The van der Waals surface area contributed by atoms with Gasteiger partial charge in [-0.05, 0) is 19.3 Å². The molecule has 0 aromatic heterocycles. The summed E-state index contributed by atoms with van der Waals surface area (Å²) in [6.07, 6.45) is 4.38. The molecule has 3 unspecified atom stereocenters. The topological polar surface area (TPSA) is 52.3 Å². The van der Waals surface area contributed by atoms with Crippen molar-refractivity contribution in [2.45, 2.75) is 39.3 Å². The average Bonchev–Trinajstić information content (AvgIpc) is 2.51. The Morgan fingerprint density at radius 2 is 2.07 bits per heavy atom. The van der Waals surface area contributed by atoms with E-state index in [1.54, 1.807) is 0 Å². The van der Waals surface area contributed by atoms with Gasteiger partial charge in [-0.25, -0.2) is 0 Å². The first-order chi connectivity index (χ1) is 6.50. The number of ether oxygens (including phenoxy) is 1. The number of carbonyl (C=O) groups excluding carboxylic acids is 1. The van der Waals surface area contributed by atoms with Crippen molar-refractivity contribution in [1.82, 2.24) is 0 Å². The Balaban J connectivity index is 2.40. The standard InChI is InChI=1S/C11H19NO2/c1-7(2)8(3)14-11(13)9-4-5-10(12)6-9/h4-5,7-10H,6,12H2,1-3H3. The Kier molecular flexibility index (Phi) is 3.69. The molecule has 1 rings (SSSR count). The molecule has 2 N–H and O–H groups in total. The summed E-state index contributed by atoms with van der Waals surface area (Å²) in [5.41, 5.74) is 5.66. The van der Waals surface area contributed by atoms with Gasteiger partial charge in [-0.3, -0.25) is 4.79 Å². The first kappa shape index (κ1) is 11.2. The van der Waals surface area contributed by atoms with Gasteiger partial charge in [0.25, 0.3) is 0 Å². The zero-order chi connectivity index (χ0) is 10.7. The lowest BCUT2D eigenvalue weighted by atomic mass is 10.1. The van der Waals surface area contributed by atoms with E-state index in [0.717, 1.165) is 0 Å². The minimum atomic E-state index is -0.143. The molecule has 80 valence electrons. The van der Waals surface area contributed by atoms with Gasteiger partial charge in [0.1, 0.15) is 6.10 Å². The van der Waals surface area contributed by atoms with Gasteiger partial charge in [-0.1, -0.05) is 26.0 Å². The Bertz CT molecular complexity index is 235. The third-order valence-corrected chi connectivity index (χ3v) is 2.66. The molecule has 0 aliphatic heterocycles. The molecule has 3 atom stereocenters. The number of carbonyl (C=O) groups is 1. The fraction of sp³-hybridized carbons (Fsp3) is 0.727. The van der Waals surface area contributed by atoms with Crippen LogP contribution >= 0.6 is 0 Å². The summed E-state index contributed by atoms with van der Waals surface area (Å²) in [6, 6.07) is 0.0157. The highest BCUT2D eigenvalue weighted by molar-refractivity contribution is 5.75. The molecule has 14 heavy (non-hydrogen) atoms. The van der Waals surface area contributed by atoms with Gasteiger partial charge in [-0.15, -0.1) is 0 Å². The molecule has 0 fully saturated rings. The van der Waals surface area contributed by atoms with Crippen LogP contribution in [-0.2, 0) is 9.53 Å². The predicted molar refractivity (Wildman–Crippen MR) is 55.6 cm³/mol. The van der Waals surface area contributed by atoms with Crippen molar-refractivity contribution in [1.29, 1.82) is 0 Å². The molecule has 0 amide bonds. The van der Waals surface area contributed by atoms with Crippen molar-refractivity contribution in [2.24, 2.45) is 17.6 Å². The third kappa shape index (κ3) is 2.84. The van der Waals surface area contributed by atoms with Crippen LogP contribution in [-0.4, -0.2) is 18.1 Å². The smallest absolute Gasteiger partial charge is 0.313 e. The van der Waals surface area contributed by atoms with Gasteiger partial charge in [0.15, 0.2) is 0 Å². The number of hydrogen-bond acceptors (Lipinski definition) is 3. The van der Waals surface area contributed by atoms with Crippen LogP contribution in [0.5, 0.6) is 0 Å². The summed E-state index contributed by atoms with van der Waals surface area (Å²) in [5, 5.41) is 0. The summed E-state index contributed by atoms with van der Waals surface area (Å²) in [6.45, 7) is 5.99. The molecule has 0 saturated carbocycles. The van der Waals surface area contributed by atoms with Crippen molar-refractivity contribution in [2.75, 3.05) is 0 Å². The van der Waals surface area contributed by atoms with Crippen molar-refractivity contribution < 1.29 is 9.53 Å². The quantitative estimate of drug-likeness (QED) is 0.550. The monoisotopic (exact) mass is 197 g/mol. The maximum Gasteiger partial charge on any atom is 0.313 e. The van der Waals surface area contributed by atoms with Gasteiger partial charge < -0.3 is 10.5 Å². The second-order valence-electron chi connectivity index (χ2n) is 4.28. The van der Waals surface area contributed by atoms with Crippen LogP contribution < -0.4 is 5.73 Å². The van der Waals surface area contributed by atoms with E-state index < -0.39 is 0 Å². The average molecular weight is 197 g/mol. The van der Waals surface area contributed by atoms with E-state index in [-0.39, 0.29) is 24.0 Å². The Hall–Kier alpha value is -0.830. The lowest BCUT2D eigenvalue weighted by Crippen LogP contribution is -2.26. The van der Waals surface area contributed by atoms with Crippen LogP contribution in [0, 0.1) is 11.8 Å². The SMILES string of the molecule is CC(C)C(C)OC(=O)C1C=CC(N)C1. The molecule has 0 saturated heterocycles. The number of nitrogens with two attached hydrogens (primary N) is 1. The van der Waals surface area contributed by atoms with E-state index in [4.69, 9.17) is 10.5 Å². The molecular weight excluding hydrogens is 178 g/mol. The molecule has 0 spiro atoms. The first-order valence-corrected chi connectivity index (χ1v) is 5.15. The maximum atomic E-state index is 11.6. The third-order valence-electron chi connectivity index (χ3n) is 2.66. The van der Waals surface area contributed by atoms with Gasteiger partial charge in [-0.2, -0.15) is 0 Å². The van der Waals surface area contributed by atoms with E-state index in [1.165, 1.54) is 0 Å². The minimum absolute atomic E-state index is 0.0157. The molecule has 0 aromatic rings. The molecule has 3 nitrogen and oxygen atoms in total. The molecule has 0 heterocycles. The van der Waals surface area contributed by atoms with Crippen LogP contribution in [0.15, 0.2) is 12.2 Å². The predicted octanol–water partition coefficient (Wildman–Crippen LogP) is 1.48. The van der Waals surface area contributed by atoms with Gasteiger partial charge >= 0.3 is 5.97 Å². The van der Waals surface area contributed by atoms with E-state index in [2.05, 4.69) is 0 Å². The van der Waals surface area contributed by atoms with Crippen LogP contribution in [0.1, 0.15) is 27.2 Å². The minimum Gasteiger partial charge on any atom is -0.462 e. The van der Waals surface area contributed by atoms with Crippen LogP contribution in [0.3, 0.4) is 0 Å². The van der Waals surface area contributed by atoms with Crippen LogP contribution in [0.4, 0.5) is 0 Å². The first-order valence-electron chi connectivity index (χ1n) is 5.15. The fourth-order valence-corrected chi connectivity index (χ4v) is 1.31. The Morgan fingerprint density at radius 1 is 1.43 bits per heavy atom. The normalized spacial score (nSPS) is 28.1. The Labute approximate surface area is 85.3 Å².